The van der Waals surface area contributed by atoms with Crippen molar-refractivity contribution < 1.29 is 4.79 Å². The van der Waals surface area contributed by atoms with E-state index < -0.39 is 0 Å². The molecule has 1 fully saturated rings. The lowest BCUT2D eigenvalue weighted by molar-refractivity contribution is 0.0929. The third-order valence-corrected chi connectivity index (χ3v) is 4.53. The molecule has 2 unspecified atom stereocenters. The summed E-state index contributed by atoms with van der Waals surface area (Å²) < 4.78 is 0. The number of pyridine rings is 1. The van der Waals surface area contributed by atoms with Crippen LogP contribution in [-0.2, 0) is 0 Å². The molecule has 1 aliphatic rings. The van der Waals surface area contributed by atoms with Crippen molar-refractivity contribution in [1.29, 1.82) is 0 Å². The third-order valence-electron chi connectivity index (χ3n) is 3.37. The minimum atomic E-state index is -0.0462. The Morgan fingerprint density at radius 2 is 2.28 bits per heavy atom. The molecule has 0 bridgehead atoms. The molecule has 1 aromatic rings. The summed E-state index contributed by atoms with van der Waals surface area (Å²) in [5.41, 5.74) is 6.18. The van der Waals surface area contributed by atoms with Gasteiger partial charge in [-0.3, -0.25) is 4.79 Å². The number of amides is 1. The second-order valence-electron chi connectivity index (χ2n) is 4.61. The van der Waals surface area contributed by atoms with Gasteiger partial charge in [-0.25, -0.2) is 4.98 Å². The second kappa shape index (κ2) is 6.09. The standard InChI is InChI=1S/C13H19N3OS/c1-18-11-5-3-2-4-10(11)16-13(17)9-6-7-15-12(14)8-9/h6-8,10-11H,2-5H2,1H3,(H2,14,15)(H,16,17). The van der Waals surface area contributed by atoms with Gasteiger partial charge in [-0.15, -0.1) is 0 Å². The Balaban J connectivity index is 2.02. The van der Waals surface area contributed by atoms with Crippen LogP contribution in [0.25, 0.3) is 0 Å². The van der Waals surface area contributed by atoms with Crippen molar-refractivity contribution in [2.75, 3.05) is 12.0 Å². The van der Waals surface area contributed by atoms with E-state index >= 15 is 0 Å². The summed E-state index contributed by atoms with van der Waals surface area (Å²) in [5, 5.41) is 3.65. The molecule has 18 heavy (non-hydrogen) atoms. The Labute approximate surface area is 112 Å². The van der Waals surface area contributed by atoms with Gasteiger partial charge < -0.3 is 11.1 Å². The number of carbonyl (C=O) groups excluding carboxylic acids is 1. The summed E-state index contributed by atoms with van der Waals surface area (Å²) in [6.45, 7) is 0. The largest absolute Gasteiger partial charge is 0.384 e. The fraction of sp³-hybridized carbons (Fsp3) is 0.538. The van der Waals surface area contributed by atoms with E-state index in [2.05, 4.69) is 16.6 Å². The van der Waals surface area contributed by atoms with Gasteiger partial charge in [0.15, 0.2) is 0 Å². The maximum absolute atomic E-state index is 12.1. The van der Waals surface area contributed by atoms with Crippen molar-refractivity contribution in [1.82, 2.24) is 10.3 Å². The number of carbonyl (C=O) groups is 1. The van der Waals surface area contributed by atoms with Crippen molar-refractivity contribution in [3.8, 4) is 0 Å². The molecule has 0 aromatic carbocycles. The number of nitrogen functional groups attached to an aromatic ring is 1. The van der Waals surface area contributed by atoms with Crippen LogP contribution in [0.4, 0.5) is 5.82 Å². The third kappa shape index (κ3) is 3.16. The van der Waals surface area contributed by atoms with Gasteiger partial charge in [-0.05, 0) is 31.2 Å². The zero-order chi connectivity index (χ0) is 13.0. The maximum Gasteiger partial charge on any atom is 0.251 e. The molecule has 1 aromatic heterocycles. The molecule has 5 heteroatoms. The van der Waals surface area contributed by atoms with Crippen LogP contribution in [0, 0.1) is 0 Å². The summed E-state index contributed by atoms with van der Waals surface area (Å²) in [7, 11) is 0. The van der Waals surface area contributed by atoms with Crippen LogP contribution >= 0.6 is 11.8 Å². The van der Waals surface area contributed by atoms with Crippen molar-refractivity contribution in [3.05, 3.63) is 23.9 Å². The van der Waals surface area contributed by atoms with Crippen LogP contribution in [0.15, 0.2) is 18.3 Å². The number of rotatable bonds is 3. The molecule has 1 amide bonds. The Hall–Kier alpha value is -1.23. The minimum Gasteiger partial charge on any atom is -0.384 e. The van der Waals surface area contributed by atoms with Crippen LogP contribution in [0.5, 0.6) is 0 Å². The summed E-state index contributed by atoms with van der Waals surface area (Å²) in [4.78, 5) is 16.0. The first kappa shape index (κ1) is 13.2. The Morgan fingerprint density at radius 1 is 1.50 bits per heavy atom. The topological polar surface area (TPSA) is 68.0 Å². The first-order chi connectivity index (χ1) is 8.70. The predicted octanol–water partition coefficient (Wildman–Crippen LogP) is 2.07. The SMILES string of the molecule is CSC1CCCCC1NC(=O)c1ccnc(N)c1. The van der Waals surface area contributed by atoms with Gasteiger partial charge in [0.05, 0.1) is 0 Å². The molecule has 1 heterocycles. The molecular formula is C13H19N3OS. The average molecular weight is 265 g/mol. The Morgan fingerprint density at radius 3 is 3.00 bits per heavy atom. The highest BCUT2D eigenvalue weighted by Crippen LogP contribution is 2.27. The molecule has 2 atom stereocenters. The van der Waals surface area contributed by atoms with Gasteiger partial charge in [-0.1, -0.05) is 12.8 Å². The fourth-order valence-electron chi connectivity index (χ4n) is 2.39. The summed E-state index contributed by atoms with van der Waals surface area (Å²) in [6, 6.07) is 3.59. The molecule has 0 spiro atoms. The zero-order valence-corrected chi connectivity index (χ0v) is 11.4. The van der Waals surface area contributed by atoms with Crippen molar-refractivity contribution in [2.24, 2.45) is 0 Å². The quantitative estimate of drug-likeness (QED) is 0.878. The zero-order valence-electron chi connectivity index (χ0n) is 10.6. The van der Waals surface area contributed by atoms with E-state index in [4.69, 9.17) is 5.73 Å². The highest BCUT2D eigenvalue weighted by atomic mass is 32.2. The first-order valence-corrected chi connectivity index (χ1v) is 7.54. The number of thioether (sulfide) groups is 1. The lowest BCUT2D eigenvalue weighted by Crippen LogP contribution is -2.43. The molecule has 4 nitrogen and oxygen atoms in total. The normalized spacial score (nSPS) is 23.6. The van der Waals surface area contributed by atoms with Crippen molar-refractivity contribution in [2.45, 2.75) is 37.0 Å². The predicted molar refractivity (Wildman–Crippen MR) is 75.7 cm³/mol. The van der Waals surface area contributed by atoms with E-state index in [9.17, 15) is 4.79 Å². The van der Waals surface area contributed by atoms with Gasteiger partial charge in [0, 0.05) is 23.1 Å². The maximum atomic E-state index is 12.1. The number of aromatic nitrogens is 1. The number of anilines is 1. The van der Waals surface area contributed by atoms with E-state index in [1.54, 1.807) is 18.3 Å². The molecule has 3 N–H and O–H groups in total. The molecule has 0 saturated heterocycles. The van der Waals surface area contributed by atoms with E-state index in [-0.39, 0.29) is 11.9 Å². The van der Waals surface area contributed by atoms with E-state index in [1.165, 1.54) is 19.3 Å². The first-order valence-electron chi connectivity index (χ1n) is 6.26. The number of nitrogens with zero attached hydrogens (tertiary/aromatic N) is 1. The Bertz CT molecular complexity index is 424. The Kier molecular flexibility index (Phi) is 4.47. The fourth-order valence-corrected chi connectivity index (χ4v) is 3.32. The van der Waals surface area contributed by atoms with Crippen molar-refractivity contribution >= 4 is 23.5 Å². The van der Waals surface area contributed by atoms with Gasteiger partial charge in [0.25, 0.3) is 5.91 Å². The number of hydrogen-bond acceptors (Lipinski definition) is 4. The van der Waals surface area contributed by atoms with E-state index in [0.717, 1.165) is 6.42 Å². The molecule has 0 aliphatic heterocycles. The van der Waals surface area contributed by atoms with Gasteiger partial charge in [0.1, 0.15) is 5.82 Å². The van der Waals surface area contributed by atoms with Crippen LogP contribution in [0.3, 0.4) is 0 Å². The lowest BCUT2D eigenvalue weighted by atomic mass is 9.94. The summed E-state index contributed by atoms with van der Waals surface area (Å²) >= 11 is 1.84. The average Bonchev–Trinajstić information content (AvgIpc) is 2.39. The number of nitrogens with one attached hydrogen (secondary N) is 1. The van der Waals surface area contributed by atoms with Gasteiger partial charge >= 0.3 is 0 Å². The highest BCUT2D eigenvalue weighted by molar-refractivity contribution is 7.99. The van der Waals surface area contributed by atoms with Crippen molar-refractivity contribution in [3.63, 3.8) is 0 Å². The monoisotopic (exact) mass is 265 g/mol. The number of hydrogen-bond donors (Lipinski definition) is 2. The van der Waals surface area contributed by atoms with Crippen LogP contribution in [-0.4, -0.2) is 28.4 Å². The lowest BCUT2D eigenvalue weighted by Gasteiger charge is -2.30. The minimum absolute atomic E-state index is 0.0462. The molecular weight excluding hydrogens is 246 g/mol. The van der Waals surface area contributed by atoms with Crippen LogP contribution in [0.1, 0.15) is 36.0 Å². The van der Waals surface area contributed by atoms with Gasteiger partial charge in [-0.2, -0.15) is 11.8 Å². The van der Waals surface area contributed by atoms with E-state index in [1.807, 2.05) is 11.8 Å². The second-order valence-corrected chi connectivity index (χ2v) is 5.68. The van der Waals surface area contributed by atoms with Gasteiger partial charge in [0.2, 0.25) is 0 Å². The summed E-state index contributed by atoms with van der Waals surface area (Å²) in [6.07, 6.45) is 8.39. The van der Waals surface area contributed by atoms with E-state index in [0.29, 0.717) is 16.6 Å². The molecule has 0 radical (unpaired) electrons. The van der Waals surface area contributed by atoms with Crippen LogP contribution in [0.2, 0.25) is 0 Å². The molecule has 2 rings (SSSR count). The molecule has 98 valence electrons. The smallest absolute Gasteiger partial charge is 0.251 e. The highest BCUT2D eigenvalue weighted by Gasteiger charge is 2.25. The molecule has 1 saturated carbocycles. The molecule has 1 aliphatic carbocycles. The van der Waals surface area contributed by atoms with Crippen LogP contribution < -0.4 is 11.1 Å². The number of nitrogens with two attached hydrogens (primary N) is 1. The summed E-state index contributed by atoms with van der Waals surface area (Å²) in [5.74, 6) is 0.336.